The van der Waals surface area contributed by atoms with E-state index in [4.69, 9.17) is 4.74 Å². The number of nitrogens with one attached hydrogen (secondary N) is 1. The first-order chi connectivity index (χ1) is 26.5. The molecule has 0 unspecified atom stereocenters. The predicted octanol–water partition coefficient (Wildman–Crippen LogP) is 6.88. The van der Waals surface area contributed by atoms with E-state index in [1.54, 1.807) is 27.7 Å². The fraction of sp³-hybridized carbons (Fsp3) is 0.696. The maximum Gasteiger partial charge on any atom is 0.225 e. The smallest absolute Gasteiger partial charge is 0.225 e. The van der Waals surface area contributed by atoms with Gasteiger partial charge in [-0.3, -0.25) is 9.59 Å². The largest absolute Gasteiger partial charge is 0.392 e. The molecule has 2 amide bonds. The minimum atomic E-state index is -1.74. The average Bonchev–Trinajstić information content (AvgIpc) is 3.16. The number of nitrogens with zero attached hydrogens (tertiary/aromatic N) is 1. The third-order valence-electron chi connectivity index (χ3n) is 10.8. The van der Waals surface area contributed by atoms with Gasteiger partial charge in [-0.05, 0) is 85.0 Å². The monoisotopic (exact) mass is 787 g/mol. The Hall–Kier alpha value is -2.86. The zero-order valence-corrected chi connectivity index (χ0v) is 35.9. The molecule has 1 fully saturated rings. The van der Waals surface area contributed by atoms with Gasteiger partial charge in [-0.1, -0.05) is 108 Å². The lowest BCUT2D eigenvalue weighted by Gasteiger charge is -2.43. The molecular weight excluding hydrogens is 709 g/mol. The van der Waals surface area contributed by atoms with E-state index in [0.29, 0.717) is 32.2 Å². The van der Waals surface area contributed by atoms with E-state index >= 15 is 0 Å². The highest BCUT2D eigenvalue weighted by Gasteiger charge is 2.47. The van der Waals surface area contributed by atoms with E-state index < -0.39 is 59.4 Å². The molecule has 0 aromatic heterocycles. The SMILES string of the molecule is CCC=CCC=CCC=CCC=CCC=CCC=CCCC(=O)NCCCN1C(=O)[C@H](C)C[C@@](C)(O)[C@H](O)[C@@H](C)[C@@H](O)[C@H](C)CO[C@H](CC)[C@@](C)(O)[C@H](O)[C@H]1C. The van der Waals surface area contributed by atoms with E-state index in [9.17, 15) is 35.1 Å². The Morgan fingerprint density at radius 1 is 0.804 bits per heavy atom. The second-order valence-corrected chi connectivity index (χ2v) is 16.1. The molecule has 10 nitrogen and oxygen atoms in total. The maximum absolute atomic E-state index is 14.0. The van der Waals surface area contributed by atoms with Gasteiger partial charge in [0.1, 0.15) is 11.7 Å². The minimum Gasteiger partial charge on any atom is -0.392 e. The van der Waals surface area contributed by atoms with E-state index in [-0.39, 0.29) is 31.4 Å². The molecule has 0 aromatic carbocycles. The molecule has 1 saturated heterocycles. The topological polar surface area (TPSA) is 160 Å². The van der Waals surface area contributed by atoms with Crippen LogP contribution in [0, 0.1) is 17.8 Å². The Balaban J connectivity index is 2.69. The van der Waals surface area contributed by atoms with Crippen molar-refractivity contribution in [2.75, 3.05) is 19.7 Å². The lowest BCUT2D eigenvalue weighted by molar-refractivity contribution is -0.182. The van der Waals surface area contributed by atoms with Crippen molar-refractivity contribution < 1.29 is 39.9 Å². The fourth-order valence-electron chi connectivity index (χ4n) is 7.23. The summed E-state index contributed by atoms with van der Waals surface area (Å²) in [7, 11) is 0. The summed E-state index contributed by atoms with van der Waals surface area (Å²) in [6.45, 7) is 14.2. The number of amides is 2. The van der Waals surface area contributed by atoms with Crippen LogP contribution in [-0.4, -0.2) is 104 Å². The number of aliphatic hydroxyl groups excluding tert-OH is 3. The summed E-state index contributed by atoms with van der Waals surface area (Å²) in [4.78, 5) is 28.0. The first kappa shape index (κ1) is 51.2. The van der Waals surface area contributed by atoms with Gasteiger partial charge in [-0.2, -0.15) is 0 Å². The molecule has 320 valence electrons. The van der Waals surface area contributed by atoms with Crippen molar-refractivity contribution in [3.05, 3.63) is 72.9 Å². The zero-order chi connectivity index (χ0) is 42.1. The molecule has 10 atom stereocenters. The van der Waals surface area contributed by atoms with Crippen molar-refractivity contribution in [2.45, 2.75) is 168 Å². The second-order valence-electron chi connectivity index (χ2n) is 16.1. The molecule has 0 bridgehead atoms. The average molecular weight is 787 g/mol. The molecule has 1 aliphatic heterocycles. The van der Waals surface area contributed by atoms with Crippen LogP contribution >= 0.6 is 0 Å². The highest BCUT2D eigenvalue weighted by atomic mass is 16.5. The third kappa shape index (κ3) is 18.6. The third-order valence-corrected chi connectivity index (χ3v) is 10.8. The van der Waals surface area contributed by atoms with Gasteiger partial charge in [0.15, 0.2) is 0 Å². The van der Waals surface area contributed by atoms with Crippen molar-refractivity contribution in [1.82, 2.24) is 10.2 Å². The normalized spacial score (nSPS) is 32.1. The maximum atomic E-state index is 14.0. The minimum absolute atomic E-state index is 0.0506. The molecule has 1 rings (SSSR count). The van der Waals surface area contributed by atoms with Gasteiger partial charge in [0.05, 0.1) is 36.6 Å². The Kier molecular flexibility index (Phi) is 25.3. The first-order valence-corrected chi connectivity index (χ1v) is 21.1. The lowest BCUT2D eigenvalue weighted by Crippen LogP contribution is -2.60. The number of hydrogen-bond donors (Lipinski definition) is 6. The van der Waals surface area contributed by atoms with E-state index in [1.807, 2.05) is 19.1 Å². The lowest BCUT2D eigenvalue weighted by atomic mass is 9.78. The molecular formula is C46H78N2O8. The zero-order valence-electron chi connectivity index (χ0n) is 35.9. The highest BCUT2D eigenvalue weighted by Crippen LogP contribution is 2.32. The number of aliphatic hydroxyl groups is 5. The number of rotatable bonds is 19. The van der Waals surface area contributed by atoms with Gasteiger partial charge in [0.2, 0.25) is 11.8 Å². The summed E-state index contributed by atoms with van der Waals surface area (Å²) in [5.41, 5.74) is -3.44. The van der Waals surface area contributed by atoms with Crippen LogP contribution in [0.3, 0.4) is 0 Å². The van der Waals surface area contributed by atoms with Crippen molar-refractivity contribution in [1.29, 1.82) is 0 Å². The summed E-state index contributed by atoms with van der Waals surface area (Å²) in [5.74, 6) is -2.41. The van der Waals surface area contributed by atoms with Gasteiger partial charge in [-0.25, -0.2) is 0 Å². The summed E-state index contributed by atoms with van der Waals surface area (Å²) in [5, 5.41) is 59.5. The quantitative estimate of drug-likeness (QED) is 0.0611. The molecule has 0 spiro atoms. The van der Waals surface area contributed by atoms with Crippen LogP contribution in [0.25, 0.3) is 0 Å². The molecule has 0 aromatic rings. The van der Waals surface area contributed by atoms with Crippen LogP contribution < -0.4 is 5.32 Å². The van der Waals surface area contributed by atoms with E-state index in [0.717, 1.165) is 38.5 Å². The predicted molar refractivity (Wildman–Crippen MR) is 228 cm³/mol. The van der Waals surface area contributed by atoms with Crippen LogP contribution in [0.4, 0.5) is 0 Å². The summed E-state index contributed by atoms with van der Waals surface area (Å²) < 4.78 is 6.05. The standard InChI is InChI=1S/C46H78N2O8/c1-9-11-12-13-14-15-16-17-18-19-20-21-22-23-24-25-26-27-28-30-40(49)47-31-29-32-48-38(6)43(52)46(8,55)39(10-2)56-34-36(4)41(50)37(5)42(51)45(7,54)33-35(3)44(48)53/h11-12,14-15,17-18,20-21,23-24,26-27,35-39,41-43,50-52,54-55H,9-10,13,16,19,22,25,28-34H2,1-8H3,(H,47,49)/t35-,36-,37+,38-,39-,41+,42-,43-,45-,46-/m1/s1. The molecule has 10 heteroatoms. The molecule has 0 aliphatic carbocycles. The number of allylic oxidation sites excluding steroid dienone is 12. The van der Waals surface area contributed by atoms with Crippen LogP contribution in [-0.2, 0) is 14.3 Å². The van der Waals surface area contributed by atoms with Crippen LogP contribution in [0.5, 0.6) is 0 Å². The summed E-state index contributed by atoms with van der Waals surface area (Å²) >= 11 is 0. The van der Waals surface area contributed by atoms with Gasteiger partial charge < -0.3 is 40.5 Å². The highest BCUT2D eigenvalue weighted by molar-refractivity contribution is 5.79. The Morgan fingerprint density at radius 3 is 1.80 bits per heavy atom. The van der Waals surface area contributed by atoms with E-state index in [2.05, 4.69) is 73.0 Å². The van der Waals surface area contributed by atoms with Crippen LogP contribution in [0.15, 0.2) is 72.9 Å². The van der Waals surface area contributed by atoms with Crippen LogP contribution in [0.2, 0.25) is 0 Å². The summed E-state index contributed by atoms with van der Waals surface area (Å²) in [6, 6.07) is -0.844. The number of hydrogen-bond acceptors (Lipinski definition) is 8. The van der Waals surface area contributed by atoms with Crippen molar-refractivity contribution >= 4 is 11.8 Å². The Morgan fingerprint density at radius 2 is 1.30 bits per heavy atom. The molecule has 56 heavy (non-hydrogen) atoms. The van der Waals surface area contributed by atoms with Crippen molar-refractivity contribution in [3.63, 3.8) is 0 Å². The van der Waals surface area contributed by atoms with Gasteiger partial charge >= 0.3 is 0 Å². The molecule has 1 heterocycles. The van der Waals surface area contributed by atoms with Gasteiger partial charge in [-0.15, -0.1) is 0 Å². The fourth-order valence-corrected chi connectivity index (χ4v) is 7.23. The van der Waals surface area contributed by atoms with Crippen molar-refractivity contribution in [3.8, 4) is 0 Å². The number of carbonyl (C=O) groups excluding carboxylic acids is 2. The molecule has 0 radical (unpaired) electrons. The Labute approximate surface area is 339 Å². The van der Waals surface area contributed by atoms with Gasteiger partial charge in [0, 0.05) is 37.3 Å². The second kappa shape index (κ2) is 27.7. The number of ether oxygens (including phenoxy) is 1. The Bertz CT molecular complexity index is 1290. The number of carbonyl (C=O) groups is 2. The van der Waals surface area contributed by atoms with Crippen LogP contribution in [0.1, 0.15) is 126 Å². The molecule has 0 saturated carbocycles. The van der Waals surface area contributed by atoms with E-state index in [1.165, 1.54) is 18.7 Å². The molecule has 1 aliphatic rings. The van der Waals surface area contributed by atoms with Gasteiger partial charge in [0.25, 0.3) is 0 Å². The summed E-state index contributed by atoms with van der Waals surface area (Å²) in [6.07, 6.45) is 28.4. The first-order valence-electron chi connectivity index (χ1n) is 21.1. The van der Waals surface area contributed by atoms with Crippen molar-refractivity contribution in [2.24, 2.45) is 17.8 Å². The molecule has 6 N–H and O–H groups in total.